The maximum atomic E-state index is 13.2. The van der Waals surface area contributed by atoms with Crippen molar-refractivity contribution in [3.63, 3.8) is 0 Å². The largest absolute Gasteiger partial charge is 0.337 e. The van der Waals surface area contributed by atoms with Crippen molar-refractivity contribution in [2.45, 2.75) is 13.0 Å². The predicted octanol–water partition coefficient (Wildman–Crippen LogP) is 2.86. The standard InChI is InChI=1S/C18H21FN2O/c1-20-11-10-15-7-3-4-9-17(15)18(22)21(2)13-14-6-5-8-16(19)12-14/h3-9,12,20H,10-11,13H2,1-2H3. The summed E-state index contributed by atoms with van der Waals surface area (Å²) < 4.78 is 13.2. The highest BCUT2D eigenvalue weighted by Crippen LogP contribution is 2.14. The first kappa shape index (κ1) is 16.2. The van der Waals surface area contributed by atoms with Gasteiger partial charge in [0, 0.05) is 19.2 Å². The molecule has 0 saturated carbocycles. The van der Waals surface area contributed by atoms with Crippen molar-refractivity contribution in [2.24, 2.45) is 0 Å². The molecule has 0 heterocycles. The summed E-state index contributed by atoms with van der Waals surface area (Å²) in [5.41, 5.74) is 2.51. The first-order valence-corrected chi connectivity index (χ1v) is 7.34. The monoisotopic (exact) mass is 300 g/mol. The average molecular weight is 300 g/mol. The van der Waals surface area contributed by atoms with Gasteiger partial charge < -0.3 is 10.2 Å². The van der Waals surface area contributed by atoms with E-state index in [1.165, 1.54) is 12.1 Å². The van der Waals surface area contributed by atoms with Gasteiger partial charge in [0.15, 0.2) is 0 Å². The minimum atomic E-state index is -0.284. The molecule has 0 atom stereocenters. The number of nitrogens with one attached hydrogen (secondary N) is 1. The van der Waals surface area contributed by atoms with E-state index in [-0.39, 0.29) is 11.7 Å². The van der Waals surface area contributed by atoms with Gasteiger partial charge in [0.25, 0.3) is 5.91 Å². The molecule has 4 heteroatoms. The van der Waals surface area contributed by atoms with Crippen LogP contribution < -0.4 is 5.32 Å². The fourth-order valence-electron chi connectivity index (χ4n) is 2.39. The molecule has 2 aromatic rings. The third kappa shape index (κ3) is 4.15. The topological polar surface area (TPSA) is 32.3 Å². The van der Waals surface area contributed by atoms with Crippen LogP contribution in [0.25, 0.3) is 0 Å². The van der Waals surface area contributed by atoms with Crippen LogP contribution in [0.2, 0.25) is 0 Å². The van der Waals surface area contributed by atoms with E-state index < -0.39 is 0 Å². The van der Waals surface area contributed by atoms with Crippen molar-refractivity contribution in [3.05, 3.63) is 71.0 Å². The van der Waals surface area contributed by atoms with Crippen molar-refractivity contribution in [1.82, 2.24) is 10.2 Å². The Balaban J connectivity index is 2.13. The Morgan fingerprint density at radius 2 is 1.95 bits per heavy atom. The van der Waals surface area contributed by atoms with E-state index >= 15 is 0 Å². The van der Waals surface area contributed by atoms with Crippen molar-refractivity contribution in [3.8, 4) is 0 Å². The predicted molar refractivity (Wildman–Crippen MR) is 86.3 cm³/mol. The van der Waals surface area contributed by atoms with E-state index in [1.54, 1.807) is 18.0 Å². The van der Waals surface area contributed by atoms with Gasteiger partial charge in [0.05, 0.1) is 0 Å². The van der Waals surface area contributed by atoms with Crippen LogP contribution in [0.3, 0.4) is 0 Å². The van der Waals surface area contributed by atoms with Crippen molar-refractivity contribution in [2.75, 3.05) is 20.6 Å². The highest BCUT2D eigenvalue weighted by molar-refractivity contribution is 5.95. The molecule has 0 spiro atoms. The van der Waals surface area contributed by atoms with Gasteiger partial charge in [0.1, 0.15) is 5.82 Å². The molecular weight excluding hydrogens is 279 g/mol. The van der Waals surface area contributed by atoms with Crippen molar-refractivity contribution < 1.29 is 9.18 Å². The third-order valence-electron chi connectivity index (χ3n) is 3.55. The summed E-state index contributed by atoms with van der Waals surface area (Å²) in [7, 11) is 3.63. The van der Waals surface area contributed by atoms with E-state index in [1.807, 2.05) is 37.4 Å². The maximum absolute atomic E-state index is 13.2. The zero-order chi connectivity index (χ0) is 15.9. The van der Waals surface area contributed by atoms with Gasteiger partial charge in [-0.25, -0.2) is 4.39 Å². The van der Waals surface area contributed by atoms with Crippen LogP contribution in [0.4, 0.5) is 4.39 Å². The van der Waals surface area contributed by atoms with Crippen LogP contribution >= 0.6 is 0 Å². The molecule has 1 amide bonds. The fraction of sp³-hybridized carbons (Fsp3) is 0.278. The Morgan fingerprint density at radius 3 is 2.68 bits per heavy atom. The summed E-state index contributed by atoms with van der Waals surface area (Å²) in [5, 5.41) is 3.09. The lowest BCUT2D eigenvalue weighted by Gasteiger charge is -2.19. The summed E-state index contributed by atoms with van der Waals surface area (Å²) in [4.78, 5) is 14.2. The number of likely N-dealkylation sites (N-methyl/N-ethyl adjacent to an activating group) is 1. The molecule has 1 N–H and O–H groups in total. The number of amides is 1. The van der Waals surface area contributed by atoms with Crippen LogP contribution in [0.5, 0.6) is 0 Å². The molecule has 0 aliphatic rings. The molecule has 0 bridgehead atoms. The summed E-state index contributed by atoms with van der Waals surface area (Å²) >= 11 is 0. The molecule has 0 radical (unpaired) electrons. The second kappa shape index (κ2) is 7.71. The smallest absolute Gasteiger partial charge is 0.254 e. The van der Waals surface area contributed by atoms with Crippen LogP contribution in [0.15, 0.2) is 48.5 Å². The van der Waals surface area contributed by atoms with Gasteiger partial charge in [-0.05, 0) is 49.3 Å². The highest BCUT2D eigenvalue weighted by atomic mass is 19.1. The van der Waals surface area contributed by atoms with Gasteiger partial charge in [-0.2, -0.15) is 0 Å². The fourth-order valence-corrected chi connectivity index (χ4v) is 2.39. The quantitative estimate of drug-likeness (QED) is 0.889. The minimum Gasteiger partial charge on any atom is -0.337 e. The van der Waals surface area contributed by atoms with Crippen molar-refractivity contribution >= 4 is 5.91 Å². The molecule has 0 unspecified atom stereocenters. The molecular formula is C18H21FN2O. The highest BCUT2D eigenvalue weighted by Gasteiger charge is 2.15. The number of benzene rings is 2. The van der Waals surface area contributed by atoms with Gasteiger partial charge in [-0.1, -0.05) is 30.3 Å². The Kier molecular flexibility index (Phi) is 5.67. The maximum Gasteiger partial charge on any atom is 0.254 e. The lowest BCUT2D eigenvalue weighted by Crippen LogP contribution is -2.27. The number of rotatable bonds is 6. The molecule has 3 nitrogen and oxygen atoms in total. The summed E-state index contributed by atoms with van der Waals surface area (Å²) in [6, 6.07) is 14.0. The first-order chi connectivity index (χ1) is 10.6. The average Bonchev–Trinajstić information content (AvgIpc) is 2.52. The number of carbonyl (C=O) groups excluding carboxylic acids is 1. The molecule has 22 heavy (non-hydrogen) atoms. The Bertz CT molecular complexity index is 642. The second-order valence-corrected chi connectivity index (χ2v) is 5.30. The summed E-state index contributed by atoms with van der Waals surface area (Å²) in [6.07, 6.45) is 0.798. The summed E-state index contributed by atoms with van der Waals surface area (Å²) in [5.74, 6) is -0.330. The summed E-state index contributed by atoms with van der Waals surface area (Å²) in [6.45, 7) is 1.20. The van der Waals surface area contributed by atoms with E-state index in [9.17, 15) is 9.18 Å². The van der Waals surface area contributed by atoms with Gasteiger partial charge >= 0.3 is 0 Å². The van der Waals surface area contributed by atoms with Crippen LogP contribution in [-0.4, -0.2) is 31.4 Å². The molecule has 0 aromatic heterocycles. The Morgan fingerprint density at radius 1 is 1.18 bits per heavy atom. The van der Waals surface area contributed by atoms with Crippen molar-refractivity contribution in [1.29, 1.82) is 0 Å². The van der Waals surface area contributed by atoms with Gasteiger partial charge in [-0.3, -0.25) is 4.79 Å². The number of carbonyl (C=O) groups is 1. The number of hydrogen-bond acceptors (Lipinski definition) is 2. The van der Waals surface area contributed by atoms with Crippen LogP contribution in [0, 0.1) is 5.82 Å². The number of hydrogen-bond donors (Lipinski definition) is 1. The molecule has 2 aromatic carbocycles. The lowest BCUT2D eigenvalue weighted by molar-refractivity contribution is 0.0784. The van der Waals surface area contributed by atoms with E-state index in [2.05, 4.69) is 5.32 Å². The number of nitrogens with zero attached hydrogens (tertiary/aromatic N) is 1. The molecule has 0 aliphatic carbocycles. The number of halogens is 1. The third-order valence-corrected chi connectivity index (χ3v) is 3.55. The zero-order valence-corrected chi connectivity index (χ0v) is 13.0. The van der Waals surface area contributed by atoms with E-state index in [0.29, 0.717) is 12.1 Å². The SMILES string of the molecule is CNCCc1ccccc1C(=O)N(C)Cc1cccc(F)c1. The molecule has 0 aliphatic heterocycles. The Hall–Kier alpha value is -2.20. The molecule has 0 fully saturated rings. The molecule has 0 saturated heterocycles. The zero-order valence-electron chi connectivity index (χ0n) is 13.0. The van der Waals surface area contributed by atoms with Crippen LogP contribution in [-0.2, 0) is 13.0 Å². The van der Waals surface area contributed by atoms with Gasteiger partial charge in [-0.15, -0.1) is 0 Å². The molecule has 116 valence electrons. The Labute approximate surface area is 130 Å². The van der Waals surface area contributed by atoms with Gasteiger partial charge in [0.2, 0.25) is 0 Å². The second-order valence-electron chi connectivity index (χ2n) is 5.30. The molecule has 2 rings (SSSR count). The normalized spacial score (nSPS) is 10.5. The van der Waals surface area contributed by atoms with Crippen LogP contribution in [0.1, 0.15) is 21.5 Å². The minimum absolute atomic E-state index is 0.0454. The van der Waals surface area contributed by atoms with E-state index in [0.717, 1.165) is 24.1 Å². The van der Waals surface area contributed by atoms with E-state index in [4.69, 9.17) is 0 Å². The first-order valence-electron chi connectivity index (χ1n) is 7.34. The lowest BCUT2D eigenvalue weighted by atomic mass is 10.0.